The molecule has 0 aliphatic heterocycles. The summed E-state index contributed by atoms with van der Waals surface area (Å²) in [7, 11) is 0. The molecule has 1 nitrogen and oxygen atoms in total. The molecule has 0 spiro atoms. The highest BCUT2D eigenvalue weighted by atomic mass is 79.9. The van der Waals surface area contributed by atoms with Crippen LogP contribution in [0.2, 0.25) is 15.1 Å². The van der Waals surface area contributed by atoms with Crippen molar-refractivity contribution < 1.29 is 4.39 Å². The van der Waals surface area contributed by atoms with Crippen LogP contribution < -0.4 is 5.32 Å². The molecule has 0 heterocycles. The van der Waals surface area contributed by atoms with Gasteiger partial charge in [0, 0.05) is 22.8 Å². The Kier molecular flexibility index (Phi) is 4.96. The minimum Gasteiger partial charge on any atom is -0.381 e. The van der Waals surface area contributed by atoms with Gasteiger partial charge >= 0.3 is 0 Å². The number of anilines is 1. The Hall–Kier alpha value is -0.480. The summed E-state index contributed by atoms with van der Waals surface area (Å²) in [4.78, 5) is 0. The van der Waals surface area contributed by atoms with Gasteiger partial charge in [-0.15, -0.1) is 0 Å². The summed E-state index contributed by atoms with van der Waals surface area (Å²) in [6.07, 6.45) is 0. The number of benzene rings is 2. The lowest BCUT2D eigenvalue weighted by Gasteiger charge is -2.11. The van der Waals surface area contributed by atoms with E-state index < -0.39 is 0 Å². The van der Waals surface area contributed by atoms with Crippen LogP contribution in [-0.4, -0.2) is 0 Å². The third-order valence-electron chi connectivity index (χ3n) is 2.53. The molecular weight excluding hydrogens is 375 g/mol. The molecule has 0 amide bonds. The topological polar surface area (TPSA) is 12.0 Å². The van der Waals surface area contributed by atoms with Crippen LogP contribution in [0, 0.1) is 5.82 Å². The Balaban J connectivity index is 2.19. The van der Waals surface area contributed by atoms with Crippen LogP contribution in [0.15, 0.2) is 34.8 Å². The monoisotopic (exact) mass is 381 g/mol. The number of hydrogen-bond acceptors (Lipinski definition) is 1. The lowest BCUT2D eigenvalue weighted by atomic mass is 10.2. The minimum atomic E-state index is -0.315. The molecule has 100 valence electrons. The van der Waals surface area contributed by atoms with Crippen molar-refractivity contribution in [1.82, 2.24) is 0 Å². The highest BCUT2D eigenvalue weighted by molar-refractivity contribution is 9.10. The van der Waals surface area contributed by atoms with E-state index in [1.807, 2.05) is 0 Å². The fraction of sp³-hybridized carbons (Fsp3) is 0.0769. The maximum absolute atomic E-state index is 13.1. The van der Waals surface area contributed by atoms with Crippen molar-refractivity contribution in [3.05, 3.63) is 61.3 Å². The van der Waals surface area contributed by atoms with Gasteiger partial charge in [-0.1, -0.05) is 34.8 Å². The van der Waals surface area contributed by atoms with E-state index in [-0.39, 0.29) is 5.82 Å². The molecule has 0 aliphatic rings. The van der Waals surface area contributed by atoms with Crippen molar-refractivity contribution in [1.29, 1.82) is 0 Å². The molecule has 0 saturated heterocycles. The summed E-state index contributed by atoms with van der Waals surface area (Å²) >= 11 is 21.2. The highest BCUT2D eigenvalue weighted by Crippen LogP contribution is 2.32. The maximum atomic E-state index is 13.1. The van der Waals surface area contributed by atoms with Gasteiger partial charge in [0.25, 0.3) is 0 Å². The van der Waals surface area contributed by atoms with Gasteiger partial charge in [0.15, 0.2) is 0 Å². The highest BCUT2D eigenvalue weighted by Gasteiger charge is 2.09. The fourth-order valence-electron chi connectivity index (χ4n) is 1.53. The minimum absolute atomic E-state index is 0.315. The molecule has 0 unspecified atom stereocenters. The zero-order valence-electron chi connectivity index (χ0n) is 9.48. The van der Waals surface area contributed by atoms with E-state index in [0.29, 0.717) is 31.6 Å². The number of hydrogen-bond donors (Lipinski definition) is 1. The molecule has 0 atom stereocenters. The van der Waals surface area contributed by atoms with Crippen LogP contribution in [0.4, 0.5) is 10.1 Å². The zero-order chi connectivity index (χ0) is 14.0. The second-order valence-corrected chi connectivity index (χ2v) is 5.85. The Morgan fingerprint density at radius 2 is 1.74 bits per heavy atom. The van der Waals surface area contributed by atoms with E-state index >= 15 is 0 Å². The summed E-state index contributed by atoms with van der Waals surface area (Å²) < 4.78 is 13.5. The molecule has 0 aromatic heterocycles. The molecule has 19 heavy (non-hydrogen) atoms. The molecule has 2 aromatic carbocycles. The van der Waals surface area contributed by atoms with Crippen molar-refractivity contribution >= 4 is 56.4 Å². The van der Waals surface area contributed by atoms with Crippen molar-refractivity contribution in [2.24, 2.45) is 0 Å². The summed E-state index contributed by atoms with van der Waals surface area (Å²) in [5.41, 5.74) is 1.46. The standard InChI is InChI=1S/C13H8BrCl3FN/c14-9-5-7(1-4-12(9)18)19-6-8-10(15)2-3-11(16)13(8)17/h1-5,19H,6H2. The van der Waals surface area contributed by atoms with Gasteiger partial charge in [0.2, 0.25) is 0 Å². The number of nitrogens with one attached hydrogen (secondary N) is 1. The number of rotatable bonds is 3. The Bertz CT molecular complexity index is 619. The Morgan fingerprint density at radius 3 is 2.42 bits per heavy atom. The molecule has 6 heteroatoms. The second-order valence-electron chi connectivity index (χ2n) is 3.80. The Labute approximate surface area is 133 Å². The molecule has 0 bridgehead atoms. The predicted octanol–water partition coefficient (Wildman–Crippen LogP) is 6.16. The summed E-state index contributed by atoms with van der Waals surface area (Å²) in [5, 5.41) is 4.51. The van der Waals surface area contributed by atoms with Gasteiger partial charge in [-0.3, -0.25) is 0 Å². The van der Waals surface area contributed by atoms with Gasteiger partial charge < -0.3 is 5.32 Å². The van der Waals surface area contributed by atoms with Crippen LogP contribution in [0.1, 0.15) is 5.56 Å². The molecule has 1 N–H and O–H groups in total. The molecule has 0 saturated carbocycles. The van der Waals surface area contributed by atoms with Crippen molar-refractivity contribution in [3.8, 4) is 0 Å². The first-order chi connectivity index (χ1) is 8.99. The van der Waals surface area contributed by atoms with Crippen LogP contribution in [0.5, 0.6) is 0 Å². The Morgan fingerprint density at radius 1 is 1.05 bits per heavy atom. The maximum Gasteiger partial charge on any atom is 0.137 e. The molecular formula is C13H8BrCl3FN. The van der Waals surface area contributed by atoms with Gasteiger partial charge in [-0.2, -0.15) is 0 Å². The average molecular weight is 383 g/mol. The lowest BCUT2D eigenvalue weighted by Crippen LogP contribution is -2.01. The van der Waals surface area contributed by atoms with Gasteiger partial charge in [0.05, 0.1) is 14.5 Å². The van der Waals surface area contributed by atoms with E-state index in [4.69, 9.17) is 34.8 Å². The van der Waals surface area contributed by atoms with Crippen LogP contribution in [-0.2, 0) is 6.54 Å². The van der Waals surface area contributed by atoms with Crippen molar-refractivity contribution in [3.63, 3.8) is 0 Å². The van der Waals surface area contributed by atoms with Gasteiger partial charge in [-0.05, 0) is 46.3 Å². The SMILES string of the molecule is Fc1ccc(NCc2c(Cl)ccc(Cl)c2Cl)cc1Br. The number of halogens is 5. The zero-order valence-corrected chi connectivity index (χ0v) is 13.3. The predicted molar refractivity (Wildman–Crippen MR) is 82.9 cm³/mol. The third-order valence-corrected chi connectivity index (χ3v) is 4.33. The van der Waals surface area contributed by atoms with Crippen molar-refractivity contribution in [2.75, 3.05) is 5.32 Å². The normalized spacial score (nSPS) is 10.6. The van der Waals surface area contributed by atoms with Crippen LogP contribution in [0.3, 0.4) is 0 Å². The van der Waals surface area contributed by atoms with Gasteiger partial charge in [0.1, 0.15) is 5.82 Å². The lowest BCUT2D eigenvalue weighted by molar-refractivity contribution is 0.621. The summed E-state index contributed by atoms with van der Waals surface area (Å²) in [5.74, 6) is -0.315. The van der Waals surface area contributed by atoms with E-state index in [2.05, 4.69) is 21.2 Å². The molecule has 0 aliphatic carbocycles. The van der Waals surface area contributed by atoms with Crippen molar-refractivity contribution in [2.45, 2.75) is 6.54 Å². The summed E-state index contributed by atoms with van der Waals surface area (Å²) in [6, 6.07) is 7.97. The first-order valence-corrected chi connectivity index (χ1v) is 7.23. The molecule has 0 fully saturated rings. The third kappa shape index (κ3) is 3.54. The van der Waals surface area contributed by atoms with E-state index in [1.165, 1.54) is 6.07 Å². The molecule has 2 rings (SSSR count). The largest absolute Gasteiger partial charge is 0.381 e. The van der Waals surface area contributed by atoms with Crippen LogP contribution in [0.25, 0.3) is 0 Å². The fourth-order valence-corrected chi connectivity index (χ4v) is 2.59. The van der Waals surface area contributed by atoms with E-state index in [1.54, 1.807) is 24.3 Å². The van der Waals surface area contributed by atoms with E-state index in [9.17, 15) is 4.39 Å². The molecule has 2 aromatic rings. The second kappa shape index (κ2) is 6.31. The molecule has 0 radical (unpaired) electrons. The first kappa shape index (κ1) is 14.9. The summed E-state index contributed by atoms with van der Waals surface area (Å²) in [6.45, 7) is 0.399. The quantitative estimate of drug-likeness (QED) is 0.626. The van der Waals surface area contributed by atoms with E-state index in [0.717, 1.165) is 5.69 Å². The van der Waals surface area contributed by atoms with Gasteiger partial charge in [-0.25, -0.2) is 4.39 Å². The smallest absolute Gasteiger partial charge is 0.137 e. The average Bonchev–Trinajstić information content (AvgIpc) is 2.38. The first-order valence-electron chi connectivity index (χ1n) is 5.30. The van der Waals surface area contributed by atoms with Crippen LogP contribution >= 0.6 is 50.7 Å².